The first-order chi connectivity index (χ1) is 7.31. The Balaban J connectivity index is 2.82. The highest BCUT2D eigenvalue weighted by Gasteiger charge is 2.07. The standard InChI is InChI=1S/C12H9N3/c1-2-7-15-12(9-14)11-5-3-10(8-13)4-6-11/h1,3-6,12,15H,7H2. The minimum absolute atomic E-state index is 0.345. The summed E-state index contributed by atoms with van der Waals surface area (Å²) in [6.07, 6.45) is 5.09. The summed E-state index contributed by atoms with van der Waals surface area (Å²) in [5, 5.41) is 20.4. The Bertz CT molecular complexity index is 440. The molecule has 0 radical (unpaired) electrons. The highest BCUT2D eigenvalue weighted by atomic mass is 14.9. The highest BCUT2D eigenvalue weighted by Crippen LogP contribution is 2.12. The zero-order chi connectivity index (χ0) is 11.1. The Kier molecular flexibility index (Phi) is 3.92. The Morgan fingerprint density at radius 1 is 1.27 bits per heavy atom. The van der Waals surface area contributed by atoms with Crippen LogP contribution in [0, 0.1) is 35.0 Å². The SMILES string of the molecule is C#CCNC(C#N)c1ccc(C#N)cc1. The summed E-state index contributed by atoms with van der Waals surface area (Å²) in [6.45, 7) is 0.345. The lowest BCUT2D eigenvalue weighted by molar-refractivity contribution is 0.691. The summed E-state index contributed by atoms with van der Waals surface area (Å²) in [5.41, 5.74) is 1.39. The van der Waals surface area contributed by atoms with Crippen LogP contribution in [0.4, 0.5) is 0 Å². The number of terminal acetylenes is 1. The molecule has 1 aromatic rings. The van der Waals surface area contributed by atoms with Crippen molar-refractivity contribution >= 4 is 0 Å². The number of nitriles is 2. The Labute approximate surface area is 89.0 Å². The first-order valence-corrected chi connectivity index (χ1v) is 4.38. The van der Waals surface area contributed by atoms with Gasteiger partial charge in [-0.25, -0.2) is 0 Å². The van der Waals surface area contributed by atoms with E-state index in [1.807, 2.05) is 6.07 Å². The van der Waals surface area contributed by atoms with Gasteiger partial charge in [0.25, 0.3) is 0 Å². The molecule has 3 heteroatoms. The molecule has 0 saturated carbocycles. The maximum atomic E-state index is 8.89. The maximum absolute atomic E-state index is 8.89. The van der Waals surface area contributed by atoms with Crippen LogP contribution < -0.4 is 5.32 Å². The molecule has 0 aliphatic heterocycles. The van der Waals surface area contributed by atoms with E-state index < -0.39 is 6.04 Å². The number of rotatable bonds is 3. The zero-order valence-electron chi connectivity index (χ0n) is 8.07. The van der Waals surface area contributed by atoms with Crippen molar-refractivity contribution in [3.8, 4) is 24.5 Å². The summed E-state index contributed by atoms with van der Waals surface area (Å²) in [7, 11) is 0. The van der Waals surface area contributed by atoms with Gasteiger partial charge in [0.05, 0.1) is 24.2 Å². The molecular formula is C12H9N3. The number of hydrogen-bond acceptors (Lipinski definition) is 3. The van der Waals surface area contributed by atoms with Crippen LogP contribution in [0.2, 0.25) is 0 Å². The molecule has 1 atom stereocenters. The topological polar surface area (TPSA) is 59.6 Å². The summed E-state index contributed by atoms with van der Waals surface area (Å²) >= 11 is 0. The van der Waals surface area contributed by atoms with Crippen LogP contribution in [0.5, 0.6) is 0 Å². The second kappa shape index (κ2) is 5.45. The van der Waals surface area contributed by atoms with Gasteiger partial charge in [0, 0.05) is 0 Å². The predicted octanol–water partition coefficient (Wildman–Crippen LogP) is 1.35. The molecule has 1 unspecified atom stereocenters. The normalized spacial score (nSPS) is 10.7. The second-order valence-corrected chi connectivity index (χ2v) is 2.88. The van der Waals surface area contributed by atoms with E-state index in [4.69, 9.17) is 16.9 Å². The zero-order valence-corrected chi connectivity index (χ0v) is 8.07. The Hall–Kier alpha value is -2.28. The quantitative estimate of drug-likeness (QED) is 0.740. The van der Waals surface area contributed by atoms with E-state index in [1.165, 1.54) is 0 Å². The molecule has 0 amide bonds. The third-order valence-corrected chi connectivity index (χ3v) is 1.91. The molecular weight excluding hydrogens is 186 g/mol. The lowest BCUT2D eigenvalue weighted by Crippen LogP contribution is -2.19. The van der Waals surface area contributed by atoms with Crippen molar-refractivity contribution in [1.29, 1.82) is 10.5 Å². The van der Waals surface area contributed by atoms with Crippen molar-refractivity contribution in [1.82, 2.24) is 5.32 Å². The molecule has 0 aliphatic rings. The highest BCUT2D eigenvalue weighted by molar-refractivity contribution is 5.34. The van der Waals surface area contributed by atoms with Gasteiger partial charge in [-0.05, 0) is 17.7 Å². The fraction of sp³-hybridized carbons (Fsp3) is 0.167. The molecule has 72 valence electrons. The summed E-state index contributed by atoms with van der Waals surface area (Å²) in [6, 6.07) is 10.5. The first-order valence-electron chi connectivity index (χ1n) is 4.38. The van der Waals surface area contributed by atoms with Crippen molar-refractivity contribution in [2.24, 2.45) is 0 Å². The van der Waals surface area contributed by atoms with Gasteiger partial charge in [0.1, 0.15) is 6.04 Å². The van der Waals surface area contributed by atoms with Gasteiger partial charge in [-0.3, -0.25) is 5.32 Å². The molecule has 1 N–H and O–H groups in total. The number of benzene rings is 1. The van der Waals surface area contributed by atoms with E-state index in [2.05, 4.69) is 17.3 Å². The maximum Gasteiger partial charge on any atom is 0.122 e. The van der Waals surface area contributed by atoms with E-state index in [0.717, 1.165) is 5.56 Å². The van der Waals surface area contributed by atoms with Crippen LogP contribution in [0.1, 0.15) is 17.2 Å². The fourth-order valence-electron chi connectivity index (χ4n) is 1.15. The van der Waals surface area contributed by atoms with Gasteiger partial charge < -0.3 is 0 Å². The third-order valence-electron chi connectivity index (χ3n) is 1.91. The van der Waals surface area contributed by atoms with E-state index >= 15 is 0 Å². The smallest absolute Gasteiger partial charge is 0.122 e. The van der Waals surface area contributed by atoms with E-state index in [0.29, 0.717) is 12.1 Å². The summed E-state index contributed by atoms with van der Waals surface area (Å²) < 4.78 is 0. The largest absolute Gasteiger partial charge is 0.287 e. The van der Waals surface area contributed by atoms with Crippen molar-refractivity contribution in [3.05, 3.63) is 35.4 Å². The van der Waals surface area contributed by atoms with Crippen molar-refractivity contribution in [2.45, 2.75) is 6.04 Å². The molecule has 0 aromatic heterocycles. The van der Waals surface area contributed by atoms with E-state index in [1.54, 1.807) is 24.3 Å². The van der Waals surface area contributed by atoms with Gasteiger partial charge in [0.2, 0.25) is 0 Å². The molecule has 0 heterocycles. The number of hydrogen-bond donors (Lipinski definition) is 1. The van der Waals surface area contributed by atoms with Gasteiger partial charge in [0.15, 0.2) is 0 Å². The van der Waals surface area contributed by atoms with Gasteiger partial charge in [-0.2, -0.15) is 10.5 Å². The van der Waals surface area contributed by atoms with Crippen LogP contribution in [-0.2, 0) is 0 Å². The lowest BCUT2D eigenvalue weighted by Gasteiger charge is -2.08. The average molecular weight is 195 g/mol. The molecule has 3 nitrogen and oxygen atoms in total. The Morgan fingerprint density at radius 2 is 1.93 bits per heavy atom. The predicted molar refractivity (Wildman–Crippen MR) is 56.3 cm³/mol. The van der Waals surface area contributed by atoms with Gasteiger partial charge >= 0.3 is 0 Å². The fourth-order valence-corrected chi connectivity index (χ4v) is 1.15. The Morgan fingerprint density at radius 3 is 2.40 bits per heavy atom. The summed E-state index contributed by atoms with van der Waals surface area (Å²) in [4.78, 5) is 0. The van der Waals surface area contributed by atoms with Crippen LogP contribution in [-0.4, -0.2) is 6.54 Å². The van der Waals surface area contributed by atoms with Crippen LogP contribution >= 0.6 is 0 Å². The van der Waals surface area contributed by atoms with Crippen molar-refractivity contribution < 1.29 is 0 Å². The van der Waals surface area contributed by atoms with E-state index in [9.17, 15) is 0 Å². The summed E-state index contributed by atoms with van der Waals surface area (Å²) in [5.74, 6) is 2.41. The average Bonchev–Trinajstić information content (AvgIpc) is 2.31. The molecule has 0 bridgehead atoms. The minimum atomic E-state index is -0.422. The van der Waals surface area contributed by atoms with Gasteiger partial charge in [-0.15, -0.1) is 6.42 Å². The molecule has 0 saturated heterocycles. The van der Waals surface area contributed by atoms with E-state index in [-0.39, 0.29) is 0 Å². The second-order valence-electron chi connectivity index (χ2n) is 2.88. The molecule has 0 aliphatic carbocycles. The lowest BCUT2D eigenvalue weighted by atomic mass is 10.1. The van der Waals surface area contributed by atoms with Crippen LogP contribution in [0.3, 0.4) is 0 Å². The third kappa shape index (κ3) is 2.85. The minimum Gasteiger partial charge on any atom is -0.287 e. The van der Waals surface area contributed by atoms with Crippen LogP contribution in [0.15, 0.2) is 24.3 Å². The van der Waals surface area contributed by atoms with Crippen LogP contribution in [0.25, 0.3) is 0 Å². The number of nitrogens with one attached hydrogen (secondary N) is 1. The molecule has 0 fully saturated rings. The monoisotopic (exact) mass is 195 g/mol. The number of nitrogens with zero attached hydrogens (tertiary/aromatic N) is 2. The molecule has 1 aromatic carbocycles. The molecule has 15 heavy (non-hydrogen) atoms. The molecule has 0 spiro atoms. The molecule has 1 rings (SSSR count). The van der Waals surface area contributed by atoms with Crippen molar-refractivity contribution in [3.63, 3.8) is 0 Å². The first kappa shape index (κ1) is 10.8. The van der Waals surface area contributed by atoms with Gasteiger partial charge in [-0.1, -0.05) is 18.1 Å². The van der Waals surface area contributed by atoms with Crippen molar-refractivity contribution in [2.75, 3.05) is 6.54 Å².